The van der Waals surface area contributed by atoms with Crippen molar-refractivity contribution in [1.29, 1.82) is 0 Å². The van der Waals surface area contributed by atoms with E-state index in [1.165, 1.54) is 11.0 Å². The number of hydrogen-bond acceptors (Lipinski definition) is 3. The average Bonchev–Trinajstić information content (AvgIpc) is 2.81. The van der Waals surface area contributed by atoms with Crippen molar-refractivity contribution < 1.29 is 23.1 Å². The van der Waals surface area contributed by atoms with E-state index in [4.69, 9.17) is 0 Å². The van der Waals surface area contributed by atoms with Crippen molar-refractivity contribution in [3.05, 3.63) is 29.6 Å². The largest absolute Gasteiger partial charge is 0.434 e. The lowest BCUT2D eigenvalue weighted by molar-refractivity contribution is -0.141. The second kappa shape index (κ2) is 4.93. The fourth-order valence-electron chi connectivity index (χ4n) is 4.47. The summed E-state index contributed by atoms with van der Waals surface area (Å²) in [6.45, 7) is 4.74. The van der Waals surface area contributed by atoms with Gasteiger partial charge in [0.25, 0.3) is 5.91 Å². The first-order chi connectivity index (χ1) is 10.6. The van der Waals surface area contributed by atoms with Gasteiger partial charge < -0.3 is 10.0 Å². The Morgan fingerprint density at radius 3 is 2.70 bits per heavy atom. The topological polar surface area (TPSA) is 53.4 Å². The minimum absolute atomic E-state index is 0.0143. The van der Waals surface area contributed by atoms with Crippen LogP contribution in [-0.2, 0) is 6.18 Å². The molecule has 1 saturated heterocycles. The molecule has 0 spiro atoms. The molecule has 1 amide bonds. The SMILES string of the molecule is CC1(C)C[C@]2(CO)CN(C(=O)c3cccnc3C(F)(F)F)C[C@H]12. The van der Waals surface area contributed by atoms with Crippen LogP contribution in [0.25, 0.3) is 0 Å². The molecule has 1 N–H and O–H groups in total. The van der Waals surface area contributed by atoms with Crippen LogP contribution in [0.5, 0.6) is 0 Å². The highest BCUT2D eigenvalue weighted by Gasteiger charge is 2.63. The summed E-state index contributed by atoms with van der Waals surface area (Å²) in [5.41, 5.74) is -1.96. The highest BCUT2D eigenvalue weighted by atomic mass is 19.4. The molecule has 2 fully saturated rings. The van der Waals surface area contributed by atoms with Gasteiger partial charge in [0.15, 0.2) is 5.69 Å². The number of amides is 1. The Bertz CT molecular complexity index is 644. The Morgan fingerprint density at radius 1 is 1.48 bits per heavy atom. The molecule has 23 heavy (non-hydrogen) atoms. The van der Waals surface area contributed by atoms with Crippen LogP contribution < -0.4 is 0 Å². The van der Waals surface area contributed by atoms with Gasteiger partial charge in [-0.3, -0.25) is 9.78 Å². The molecule has 3 rings (SSSR count). The van der Waals surface area contributed by atoms with Crippen molar-refractivity contribution in [3.8, 4) is 0 Å². The third-order valence-electron chi connectivity index (χ3n) is 5.31. The fourth-order valence-corrected chi connectivity index (χ4v) is 4.47. The minimum Gasteiger partial charge on any atom is -0.396 e. The molecule has 1 saturated carbocycles. The van der Waals surface area contributed by atoms with E-state index >= 15 is 0 Å². The highest BCUT2D eigenvalue weighted by molar-refractivity contribution is 5.95. The van der Waals surface area contributed by atoms with Crippen molar-refractivity contribution >= 4 is 5.91 Å². The number of pyridine rings is 1. The molecular formula is C16H19F3N2O2. The molecule has 4 nitrogen and oxygen atoms in total. The first-order valence-electron chi connectivity index (χ1n) is 7.53. The van der Waals surface area contributed by atoms with E-state index in [1.807, 2.05) is 0 Å². The maximum atomic E-state index is 13.1. The fraction of sp³-hybridized carbons (Fsp3) is 0.625. The summed E-state index contributed by atoms with van der Waals surface area (Å²) in [6.07, 6.45) is -2.87. The van der Waals surface area contributed by atoms with Crippen LogP contribution in [0.1, 0.15) is 36.3 Å². The quantitative estimate of drug-likeness (QED) is 0.908. The molecular weight excluding hydrogens is 309 g/mol. The summed E-state index contributed by atoms with van der Waals surface area (Å²) >= 11 is 0. The van der Waals surface area contributed by atoms with E-state index in [1.54, 1.807) is 0 Å². The summed E-state index contributed by atoms with van der Waals surface area (Å²) in [5.74, 6) is -0.557. The zero-order valence-corrected chi connectivity index (χ0v) is 13.0. The first-order valence-corrected chi connectivity index (χ1v) is 7.53. The summed E-state index contributed by atoms with van der Waals surface area (Å²) < 4.78 is 39.2. The van der Waals surface area contributed by atoms with Gasteiger partial charge in [0.2, 0.25) is 0 Å². The predicted molar refractivity (Wildman–Crippen MR) is 76.5 cm³/mol. The zero-order chi connectivity index (χ0) is 17.0. The lowest BCUT2D eigenvalue weighted by Gasteiger charge is -2.55. The summed E-state index contributed by atoms with van der Waals surface area (Å²) in [7, 11) is 0. The second-order valence-corrected chi connectivity index (χ2v) is 7.32. The van der Waals surface area contributed by atoms with E-state index in [-0.39, 0.29) is 23.4 Å². The van der Waals surface area contributed by atoms with Gasteiger partial charge in [-0.15, -0.1) is 0 Å². The molecule has 2 heterocycles. The number of aliphatic hydroxyl groups excluding tert-OH is 1. The summed E-state index contributed by atoms with van der Waals surface area (Å²) in [4.78, 5) is 17.4. The Balaban J connectivity index is 1.89. The van der Waals surface area contributed by atoms with Crippen molar-refractivity contribution in [2.75, 3.05) is 19.7 Å². The molecule has 2 aliphatic rings. The standard InChI is InChI=1S/C16H19F3N2O2/c1-14(2)7-15(9-22)8-21(6-11(14)15)13(23)10-4-3-5-20-12(10)16(17,18)19/h3-5,11,22H,6-9H2,1-2H3/t11-,15-/m1/s1. The third kappa shape index (κ3) is 2.41. The van der Waals surface area contributed by atoms with E-state index in [0.717, 1.165) is 18.7 Å². The van der Waals surface area contributed by atoms with Crippen molar-refractivity contribution in [3.63, 3.8) is 0 Å². The number of aromatic nitrogens is 1. The molecule has 7 heteroatoms. The van der Waals surface area contributed by atoms with Crippen molar-refractivity contribution in [2.45, 2.75) is 26.4 Å². The van der Waals surface area contributed by atoms with E-state index in [2.05, 4.69) is 18.8 Å². The lowest BCUT2D eigenvalue weighted by Crippen LogP contribution is -2.54. The Kier molecular flexibility index (Phi) is 3.48. The van der Waals surface area contributed by atoms with Gasteiger partial charge in [-0.25, -0.2) is 0 Å². The van der Waals surface area contributed by atoms with Gasteiger partial charge in [0.1, 0.15) is 0 Å². The van der Waals surface area contributed by atoms with Gasteiger partial charge in [-0.05, 0) is 29.9 Å². The number of nitrogens with zero attached hydrogens (tertiary/aromatic N) is 2. The number of rotatable bonds is 2. The molecule has 126 valence electrons. The molecule has 0 radical (unpaired) electrons. The van der Waals surface area contributed by atoms with Gasteiger partial charge in [-0.2, -0.15) is 13.2 Å². The van der Waals surface area contributed by atoms with Gasteiger partial charge in [0, 0.05) is 24.7 Å². The van der Waals surface area contributed by atoms with Crippen LogP contribution in [0, 0.1) is 16.7 Å². The van der Waals surface area contributed by atoms with Gasteiger partial charge in [-0.1, -0.05) is 13.8 Å². The van der Waals surface area contributed by atoms with Crippen LogP contribution in [0.4, 0.5) is 13.2 Å². The predicted octanol–water partition coefficient (Wildman–Crippen LogP) is 2.58. The Labute approximate surface area is 132 Å². The van der Waals surface area contributed by atoms with E-state index in [9.17, 15) is 23.1 Å². The highest BCUT2D eigenvalue weighted by Crippen LogP contribution is 2.62. The molecule has 0 aromatic carbocycles. The molecule has 1 aromatic rings. The summed E-state index contributed by atoms with van der Waals surface area (Å²) in [5, 5.41) is 9.70. The summed E-state index contributed by atoms with van der Waals surface area (Å²) in [6, 6.07) is 2.49. The number of carbonyl (C=O) groups is 1. The van der Waals surface area contributed by atoms with E-state index in [0.29, 0.717) is 13.1 Å². The molecule has 1 aliphatic heterocycles. The van der Waals surface area contributed by atoms with E-state index < -0.39 is 23.3 Å². The van der Waals surface area contributed by atoms with Crippen molar-refractivity contribution in [1.82, 2.24) is 9.88 Å². The molecule has 1 aliphatic carbocycles. The molecule has 2 atom stereocenters. The van der Waals surface area contributed by atoms with Gasteiger partial charge >= 0.3 is 6.18 Å². The average molecular weight is 328 g/mol. The molecule has 0 bridgehead atoms. The Morgan fingerprint density at radius 2 is 2.17 bits per heavy atom. The van der Waals surface area contributed by atoms with Crippen LogP contribution >= 0.6 is 0 Å². The number of aliphatic hydroxyl groups is 1. The van der Waals surface area contributed by atoms with Crippen LogP contribution in [-0.4, -0.2) is 40.6 Å². The number of alkyl halides is 3. The first kappa shape index (κ1) is 16.2. The van der Waals surface area contributed by atoms with Crippen molar-refractivity contribution in [2.24, 2.45) is 16.7 Å². The maximum absolute atomic E-state index is 13.1. The number of fused-ring (bicyclic) bond motifs is 1. The number of halogens is 3. The lowest BCUT2D eigenvalue weighted by atomic mass is 9.48. The van der Waals surface area contributed by atoms with Crippen LogP contribution in [0.15, 0.2) is 18.3 Å². The van der Waals surface area contributed by atoms with Crippen LogP contribution in [0.3, 0.4) is 0 Å². The number of hydrogen-bond donors (Lipinski definition) is 1. The second-order valence-electron chi connectivity index (χ2n) is 7.32. The zero-order valence-electron chi connectivity index (χ0n) is 13.0. The Hall–Kier alpha value is -1.63. The molecule has 1 aromatic heterocycles. The van der Waals surface area contributed by atoms with Gasteiger partial charge in [0.05, 0.1) is 12.2 Å². The maximum Gasteiger partial charge on any atom is 0.434 e. The number of likely N-dealkylation sites (tertiary alicyclic amines) is 1. The smallest absolute Gasteiger partial charge is 0.396 e. The van der Waals surface area contributed by atoms with Crippen LogP contribution in [0.2, 0.25) is 0 Å². The minimum atomic E-state index is -4.67. The number of carbonyl (C=O) groups excluding carboxylic acids is 1. The monoisotopic (exact) mass is 328 g/mol. The molecule has 0 unspecified atom stereocenters. The third-order valence-corrected chi connectivity index (χ3v) is 5.31. The normalized spacial score (nSPS) is 29.1.